The zero-order valence-electron chi connectivity index (χ0n) is 18.1. The molecule has 1 aromatic carbocycles. The largest absolute Gasteiger partial charge is 0.497 e. The summed E-state index contributed by atoms with van der Waals surface area (Å²) < 4.78 is 11.4. The number of likely N-dealkylation sites (tertiary alicyclic amines) is 1. The highest BCUT2D eigenvalue weighted by atomic mass is 32.1. The second kappa shape index (κ2) is 11.1. The van der Waals surface area contributed by atoms with E-state index in [0.29, 0.717) is 13.1 Å². The molecular formula is C22H33N3O4S. The molecule has 1 unspecified atom stereocenters. The number of benzene rings is 1. The van der Waals surface area contributed by atoms with Gasteiger partial charge in [0, 0.05) is 42.8 Å². The Hall–Kier alpha value is -1.71. The van der Waals surface area contributed by atoms with Crippen molar-refractivity contribution in [3.05, 3.63) is 39.8 Å². The van der Waals surface area contributed by atoms with Gasteiger partial charge >= 0.3 is 0 Å². The molecule has 0 radical (unpaired) electrons. The van der Waals surface area contributed by atoms with Gasteiger partial charge < -0.3 is 24.6 Å². The van der Waals surface area contributed by atoms with E-state index in [-0.39, 0.29) is 12.7 Å². The summed E-state index contributed by atoms with van der Waals surface area (Å²) in [6.45, 7) is 5.87. The molecule has 1 fully saturated rings. The predicted molar refractivity (Wildman–Crippen MR) is 118 cm³/mol. The van der Waals surface area contributed by atoms with Crippen LogP contribution in [0.1, 0.15) is 29.1 Å². The predicted octanol–water partition coefficient (Wildman–Crippen LogP) is 2.29. The molecule has 0 amide bonds. The number of hydrogen-bond donors (Lipinski definition) is 2. The van der Waals surface area contributed by atoms with Crippen molar-refractivity contribution >= 4 is 11.3 Å². The first-order valence-electron chi connectivity index (χ1n) is 10.4. The average Bonchev–Trinajstić information content (AvgIpc) is 3.13. The van der Waals surface area contributed by atoms with E-state index in [4.69, 9.17) is 9.47 Å². The summed E-state index contributed by atoms with van der Waals surface area (Å²) in [5.74, 6) is 1.54. The van der Waals surface area contributed by atoms with Crippen molar-refractivity contribution in [1.82, 2.24) is 14.8 Å². The van der Waals surface area contributed by atoms with Crippen molar-refractivity contribution in [2.45, 2.75) is 45.1 Å². The van der Waals surface area contributed by atoms with Crippen molar-refractivity contribution < 1.29 is 19.7 Å². The highest BCUT2D eigenvalue weighted by Crippen LogP contribution is 2.26. The fraction of sp³-hybridized carbons (Fsp3) is 0.591. The van der Waals surface area contributed by atoms with Crippen LogP contribution >= 0.6 is 11.3 Å². The SMILES string of the molecule is COc1ccc(OCC(O)CN2CCC(O)CC2)c(CN(C)Cc2nc(C)cs2)c1. The number of aliphatic hydroxyl groups is 2. The topological polar surface area (TPSA) is 78.3 Å². The Balaban J connectivity index is 1.57. The quantitative estimate of drug-likeness (QED) is 0.593. The van der Waals surface area contributed by atoms with Crippen molar-refractivity contribution in [1.29, 1.82) is 0 Å². The first kappa shape index (κ1) is 23.0. The Labute approximate surface area is 182 Å². The van der Waals surface area contributed by atoms with Gasteiger partial charge in [-0.05, 0) is 45.0 Å². The number of aromatic nitrogens is 1. The van der Waals surface area contributed by atoms with Gasteiger partial charge in [-0.3, -0.25) is 4.90 Å². The number of β-amino-alcohol motifs (C(OH)–C–C–N with tert-alkyl or cyclic N) is 1. The van der Waals surface area contributed by atoms with E-state index in [1.165, 1.54) is 0 Å². The summed E-state index contributed by atoms with van der Waals surface area (Å²) in [6, 6.07) is 5.76. The Morgan fingerprint density at radius 1 is 1.30 bits per heavy atom. The molecule has 1 aromatic heterocycles. The summed E-state index contributed by atoms with van der Waals surface area (Å²) in [4.78, 5) is 8.91. The zero-order chi connectivity index (χ0) is 21.5. The van der Waals surface area contributed by atoms with Crippen LogP contribution in [-0.2, 0) is 13.1 Å². The van der Waals surface area contributed by atoms with Crippen molar-refractivity contribution in [3.8, 4) is 11.5 Å². The fourth-order valence-electron chi connectivity index (χ4n) is 3.64. The van der Waals surface area contributed by atoms with Crippen LogP contribution in [0.4, 0.5) is 0 Å². The molecule has 7 nitrogen and oxygen atoms in total. The normalized spacial score (nSPS) is 16.7. The molecular weight excluding hydrogens is 402 g/mol. The maximum atomic E-state index is 10.4. The van der Waals surface area contributed by atoms with Crippen LogP contribution in [0.25, 0.3) is 0 Å². The highest BCUT2D eigenvalue weighted by molar-refractivity contribution is 7.09. The van der Waals surface area contributed by atoms with Gasteiger partial charge in [-0.15, -0.1) is 11.3 Å². The molecule has 30 heavy (non-hydrogen) atoms. The number of piperidine rings is 1. The summed E-state index contributed by atoms with van der Waals surface area (Å²) in [7, 11) is 3.71. The molecule has 1 aliphatic rings. The third-order valence-electron chi connectivity index (χ3n) is 5.24. The summed E-state index contributed by atoms with van der Waals surface area (Å²) in [5.41, 5.74) is 2.06. The first-order chi connectivity index (χ1) is 14.4. The standard InChI is InChI=1S/C22H33N3O4S/c1-16-15-30-22(23-16)13-24(2)11-17-10-20(28-3)4-5-21(17)29-14-19(27)12-25-8-6-18(26)7-9-25/h4-5,10,15,18-19,26-27H,6-9,11-14H2,1-3H3. The molecule has 2 aromatic rings. The van der Waals surface area contributed by atoms with Crippen molar-refractivity contribution in [3.63, 3.8) is 0 Å². The second-order valence-electron chi connectivity index (χ2n) is 8.03. The number of aliphatic hydroxyl groups excluding tert-OH is 2. The lowest BCUT2D eigenvalue weighted by Gasteiger charge is -2.31. The van der Waals surface area contributed by atoms with E-state index in [9.17, 15) is 10.2 Å². The monoisotopic (exact) mass is 435 g/mol. The molecule has 0 aliphatic carbocycles. The molecule has 0 bridgehead atoms. The molecule has 2 N–H and O–H groups in total. The number of methoxy groups -OCH3 is 1. The average molecular weight is 436 g/mol. The molecule has 1 saturated heterocycles. The minimum atomic E-state index is -0.578. The number of hydrogen-bond acceptors (Lipinski definition) is 8. The number of aryl methyl sites for hydroxylation is 1. The molecule has 0 spiro atoms. The van der Waals surface area contributed by atoms with E-state index < -0.39 is 6.10 Å². The van der Waals surface area contributed by atoms with Crippen molar-refractivity contribution in [2.75, 3.05) is 40.4 Å². The van der Waals surface area contributed by atoms with Gasteiger partial charge in [-0.2, -0.15) is 0 Å². The Kier molecular flexibility index (Phi) is 8.47. The van der Waals surface area contributed by atoms with E-state index in [0.717, 1.165) is 60.2 Å². The van der Waals surface area contributed by atoms with Crippen LogP contribution in [0.5, 0.6) is 11.5 Å². The van der Waals surface area contributed by atoms with Crippen LogP contribution in [0, 0.1) is 6.92 Å². The maximum Gasteiger partial charge on any atom is 0.124 e. The molecule has 166 valence electrons. The minimum absolute atomic E-state index is 0.207. The van der Waals surface area contributed by atoms with Gasteiger partial charge in [-0.25, -0.2) is 4.98 Å². The van der Waals surface area contributed by atoms with Crippen molar-refractivity contribution in [2.24, 2.45) is 0 Å². The Morgan fingerprint density at radius 2 is 2.07 bits per heavy atom. The van der Waals surface area contributed by atoms with Crippen LogP contribution in [0.15, 0.2) is 23.6 Å². The van der Waals surface area contributed by atoms with E-state index in [2.05, 4.69) is 27.2 Å². The van der Waals surface area contributed by atoms with E-state index >= 15 is 0 Å². The molecule has 3 rings (SSSR count). The van der Waals surface area contributed by atoms with Gasteiger partial charge in [0.05, 0.1) is 19.8 Å². The van der Waals surface area contributed by atoms with Crippen LogP contribution < -0.4 is 9.47 Å². The van der Waals surface area contributed by atoms with Gasteiger partial charge in [0.25, 0.3) is 0 Å². The van der Waals surface area contributed by atoms with Crippen LogP contribution in [-0.4, -0.2) is 77.6 Å². The molecule has 0 saturated carbocycles. The lowest BCUT2D eigenvalue weighted by Crippen LogP contribution is -2.41. The second-order valence-corrected chi connectivity index (χ2v) is 8.97. The first-order valence-corrected chi connectivity index (χ1v) is 11.3. The van der Waals surface area contributed by atoms with Crippen LogP contribution in [0.3, 0.4) is 0 Å². The van der Waals surface area contributed by atoms with Crippen LogP contribution in [0.2, 0.25) is 0 Å². The third-order valence-corrected chi connectivity index (χ3v) is 6.19. The molecule has 1 atom stereocenters. The lowest BCUT2D eigenvalue weighted by atomic mass is 10.1. The van der Waals surface area contributed by atoms with E-state index in [1.54, 1.807) is 18.4 Å². The number of ether oxygens (including phenoxy) is 2. The number of thiazole rings is 1. The Morgan fingerprint density at radius 3 is 2.73 bits per heavy atom. The highest BCUT2D eigenvalue weighted by Gasteiger charge is 2.20. The lowest BCUT2D eigenvalue weighted by molar-refractivity contribution is 0.0335. The third kappa shape index (κ3) is 6.92. The molecule has 1 aliphatic heterocycles. The van der Waals surface area contributed by atoms with Gasteiger partial charge in [0.1, 0.15) is 29.2 Å². The summed E-state index contributed by atoms with van der Waals surface area (Å²) >= 11 is 1.67. The zero-order valence-corrected chi connectivity index (χ0v) is 18.9. The smallest absolute Gasteiger partial charge is 0.124 e. The fourth-order valence-corrected chi connectivity index (χ4v) is 4.49. The summed E-state index contributed by atoms with van der Waals surface area (Å²) in [5, 5.41) is 23.2. The number of rotatable bonds is 10. The van der Waals surface area contributed by atoms with Gasteiger partial charge in [0.2, 0.25) is 0 Å². The molecule has 8 heteroatoms. The van der Waals surface area contributed by atoms with E-state index in [1.807, 2.05) is 25.1 Å². The maximum absolute atomic E-state index is 10.4. The number of nitrogens with zero attached hydrogens (tertiary/aromatic N) is 3. The molecule has 2 heterocycles. The minimum Gasteiger partial charge on any atom is -0.497 e. The van der Waals surface area contributed by atoms with Gasteiger partial charge in [0.15, 0.2) is 0 Å². The van der Waals surface area contributed by atoms with Gasteiger partial charge in [-0.1, -0.05) is 0 Å². The summed E-state index contributed by atoms with van der Waals surface area (Å²) in [6.07, 6.45) is 0.746. The Bertz CT molecular complexity index is 792.